The Morgan fingerprint density at radius 3 is 1.18 bits per heavy atom. The molecule has 0 radical (unpaired) electrons. The third-order valence-electron chi connectivity index (χ3n) is 9.77. The molecule has 1 heterocycles. The molecule has 0 N–H and O–H groups in total. The maximum atomic E-state index is 3.85. The molecule has 0 spiro atoms. The molecule has 0 nitrogen and oxygen atoms in total. The minimum Gasteiger partial charge on any atom is -0.142 e. The zero-order valence-electron chi connectivity index (χ0n) is 24.2. The molecule has 0 aliphatic heterocycles. The van der Waals surface area contributed by atoms with Gasteiger partial charge in [0, 0.05) is 18.7 Å². The molecule has 0 fully saturated rings. The highest BCUT2D eigenvalue weighted by Crippen LogP contribution is 2.62. The monoisotopic (exact) mass is 720 g/mol. The lowest BCUT2D eigenvalue weighted by Crippen LogP contribution is -2.28. The van der Waals surface area contributed by atoms with Crippen molar-refractivity contribution in [3.8, 4) is 22.3 Å². The quantitative estimate of drug-likeness (QED) is 0.170. The van der Waals surface area contributed by atoms with Gasteiger partial charge in [0.15, 0.2) is 0 Å². The topological polar surface area (TPSA) is 0 Å². The molecule has 6 aromatic carbocycles. The van der Waals surface area contributed by atoms with Gasteiger partial charge in [0.1, 0.15) is 0 Å². The molecule has 0 saturated heterocycles. The average Bonchev–Trinajstić information content (AvgIpc) is 3.76. The Bertz CT molecular complexity index is 2090. The molecule has 2 atom stereocenters. The molecule has 1 aromatic heterocycles. The van der Waals surface area contributed by atoms with Crippen LogP contribution in [0, 0.1) is 0 Å². The predicted molar refractivity (Wildman–Crippen MR) is 194 cm³/mol. The minimum atomic E-state index is -0.448. The maximum absolute atomic E-state index is 3.85. The lowest BCUT2D eigenvalue weighted by atomic mass is 9.70. The van der Waals surface area contributed by atoms with Crippen LogP contribution < -0.4 is 0 Å². The molecule has 214 valence electrons. The van der Waals surface area contributed by atoms with Crippen molar-refractivity contribution < 1.29 is 0 Å². The molecule has 2 unspecified atom stereocenters. The van der Waals surface area contributed by atoms with Crippen LogP contribution in [0.15, 0.2) is 167 Å². The number of fused-ring (bicyclic) bond motifs is 6. The van der Waals surface area contributed by atoms with Gasteiger partial charge >= 0.3 is 0 Å². The van der Waals surface area contributed by atoms with Gasteiger partial charge in [0.2, 0.25) is 0 Å². The van der Waals surface area contributed by atoms with Gasteiger partial charge in [-0.2, -0.15) is 0 Å². The Morgan fingerprint density at radius 1 is 0.356 bits per heavy atom. The Hall–Kier alpha value is -4.02. The highest BCUT2D eigenvalue weighted by Gasteiger charge is 2.51. The Labute approximate surface area is 284 Å². The largest absolute Gasteiger partial charge is 0.142 e. The van der Waals surface area contributed by atoms with E-state index < -0.39 is 10.8 Å². The fourth-order valence-electron chi connectivity index (χ4n) is 8.06. The molecule has 0 bridgehead atoms. The van der Waals surface area contributed by atoms with Gasteiger partial charge in [0.25, 0.3) is 0 Å². The molecule has 2 aliphatic rings. The van der Waals surface area contributed by atoms with Crippen LogP contribution in [0.25, 0.3) is 22.3 Å². The Morgan fingerprint density at radius 2 is 0.733 bits per heavy atom. The molecule has 0 amide bonds. The van der Waals surface area contributed by atoms with E-state index in [-0.39, 0.29) is 0 Å². The third-order valence-corrected chi connectivity index (χ3v) is 12.1. The van der Waals surface area contributed by atoms with E-state index in [9.17, 15) is 0 Å². The summed E-state index contributed by atoms with van der Waals surface area (Å²) >= 11 is 9.64. The number of thiophene rings is 1. The summed E-state index contributed by atoms with van der Waals surface area (Å²) in [6, 6.07) is 58.5. The van der Waals surface area contributed by atoms with Crippen LogP contribution in [0.5, 0.6) is 0 Å². The van der Waals surface area contributed by atoms with Crippen LogP contribution in [0.3, 0.4) is 0 Å². The van der Waals surface area contributed by atoms with Gasteiger partial charge in [-0.1, -0.05) is 153 Å². The number of rotatable bonds is 4. The van der Waals surface area contributed by atoms with Crippen LogP contribution in [-0.4, -0.2) is 0 Å². The molecule has 3 heteroatoms. The lowest BCUT2D eigenvalue weighted by molar-refractivity contribution is 0.785. The summed E-state index contributed by atoms with van der Waals surface area (Å²) in [6.45, 7) is 0. The van der Waals surface area contributed by atoms with Crippen molar-refractivity contribution in [3.05, 3.63) is 210 Å². The van der Waals surface area contributed by atoms with Crippen molar-refractivity contribution in [2.45, 2.75) is 10.8 Å². The molecular weight excluding hydrogens is 696 g/mol. The summed E-state index contributed by atoms with van der Waals surface area (Å²) in [4.78, 5) is 2.65. The van der Waals surface area contributed by atoms with Crippen molar-refractivity contribution in [2.24, 2.45) is 0 Å². The van der Waals surface area contributed by atoms with Gasteiger partial charge in [-0.3, -0.25) is 0 Å². The zero-order chi connectivity index (χ0) is 30.2. The molecule has 9 rings (SSSR count). The molecule has 45 heavy (non-hydrogen) atoms. The van der Waals surface area contributed by atoms with E-state index in [1.807, 2.05) is 11.3 Å². The zero-order valence-corrected chi connectivity index (χ0v) is 28.2. The van der Waals surface area contributed by atoms with E-state index in [4.69, 9.17) is 0 Å². The van der Waals surface area contributed by atoms with E-state index in [0.717, 1.165) is 8.95 Å². The Kier molecular flexibility index (Phi) is 6.22. The van der Waals surface area contributed by atoms with E-state index in [1.165, 1.54) is 65.4 Å². The summed E-state index contributed by atoms with van der Waals surface area (Å²) in [5, 5.41) is 0. The van der Waals surface area contributed by atoms with Crippen molar-refractivity contribution in [2.75, 3.05) is 0 Å². The maximum Gasteiger partial charge on any atom is 0.0807 e. The SMILES string of the molecule is Brc1ccc2c(c1)C(c1ccccc1)(c1ccc(C3(c4ccccc4)c4ccccc4-c4ccc(Br)cc43)s1)c1ccccc1-2. The molecule has 7 aromatic rings. The first-order valence-corrected chi connectivity index (χ1v) is 17.6. The van der Waals surface area contributed by atoms with Crippen molar-refractivity contribution >= 4 is 43.2 Å². The predicted octanol–water partition coefficient (Wildman–Crippen LogP) is 12.0. The van der Waals surface area contributed by atoms with E-state index in [2.05, 4.69) is 190 Å². The second-order valence-electron chi connectivity index (χ2n) is 11.9. The summed E-state index contributed by atoms with van der Waals surface area (Å²) in [7, 11) is 0. The fraction of sp³-hybridized carbons (Fsp3) is 0.0476. The molecule has 2 aliphatic carbocycles. The van der Waals surface area contributed by atoms with Gasteiger partial charge in [-0.05, 0) is 92.0 Å². The number of hydrogen-bond acceptors (Lipinski definition) is 1. The summed E-state index contributed by atoms with van der Waals surface area (Å²) < 4.78 is 2.19. The first-order valence-electron chi connectivity index (χ1n) is 15.1. The van der Waals surface area contributed by atoms with Crippen LogP contribution in [-0.2, 0) is 10.8 Å². The smallest absolute Gasteiger partial charge is 0.0807 e. The van der Waals surface area contributed by atoms with E-state index in [1.54, 1.807) is 0 Å². The number of hydrogen-bond donors (Lipinski definition) is 0. The van der Waals surface area contributed by atoms with Crippen molar-refractivity contribution in [1.29, 1.82) is 0 Å². The average molecular weight is 723 g/mol. The van der Waals surface area contributed by atoms with E-state index in [0.29, 0.717) is 0 Å². The van der Waals surface area contributed by atoms with Crippen molar-refractivity contribution in [1.82, 2.24) is 0 Å². The van der Waals surface area contributed by atoms with E-state index >= 15 is 0 Å². The van der Waals surface area contributed by atoms with Crippen LogP contribution >= 0.6 is 43.2 Å². The Balaban J connectivity index is 1.40. The number of halogens is 2. The lowest BCUT2D eigenvalue weighted by Gasteiger charge is -2.34. The van der Waals surface area contributed by atoms with Crippen LogP contribution in [0.4, 0.5) is 0 Å². The van der Waals surface area contributed by atoms with Crippen molar-refractivity contribution in [3.63, 3.8) is 0 Å². The standard InChI is InChI=1S/C42H26Br2S/c43-29-19-21-33-31-15-7-9-17-35(31)41(37(33)25-29,27-11-3-1-4-12-27)39-23-24-40(45-39)42(28-13-5-2-6-14-28)36-18-10-8-16-32(36)34-22-20-30(44)26-38(34)42/h1-26H. The van der Waals surface area contributed by atoms with Gasteiger partial charge in [-0.25, -0.2) is 0 Å². The van der Waals surface area contributed by atoms with Gasteiger partial charge in [0.05, 0.1) is 10.8 Å². The number of benzene rings is 6. The summed E-state index contributed by atoms with van der Waals surface area (Å²) in [5.74, 6) is 0. The second-order valence-corrected chi connectivity index (χ2v) is 14.8. The molecule has 0 saturated carbocycles. The normalized spacial score (nSPS) is 19.1. The summed E-state index contributed by atoms with van der Waals surface area (Å²) in [5.41, 5.74) is 12.2. The van der Waals surface area contributed by atoms with Crippen LogP contribution in [0.2, 0.25) is 0 Å². The highest BCUT2D eigenvalue weighted by molar-refractivity contribution is 9.10. The van der Waals surface area contributed by atoms with Crippen LogP contribution in [0.1, 0.15) is 43.1 Å². The van der Waals surface area contributed by atoms with Gasteiger partial charge in [-0.15, -0.1) is 11.3 Å². The highest BCUT2D eigenvalue weighted by atomic mass is 79.9. The summed E-state index contributed by atoms with van der Waals surface area (Å²) in [6.07, 6.45) is 0. The first-order chi connectivity index (χ1) is 22.1. The minimum absolute atomic E-state index is 0.448. The first kappa shape index (κ1) is 27.3. The second kappa shape index (κ2) is 10.3. The third kappa shape index (κ3) is 3.69. The van der Waals surface area contributed by atoms with Gasteiger partial charge < -0.3 is 0 Å². The molecular formula is C42H26Br2S. The fourth-order valence-corrected chi connectivity index (χ4v) is 10.3.